The molecule has 0 aliphatic carbocycles. The lowest BCUT2D eigenvalue weighted by Gasteiger charge is -2.06. The van der Waals surface area contributed by atoms with Crippen LogP contribution in [-0.4, -0.2) is 16.2 Å². The first kappa shape index (κ1) is 10.0. The number of carboxylic acids is 1. The monoisotopic (exact) mass is 245 g/mol. The number of hydrogen-bond donors (Lipinski definition) is 3. The maximum Gasteiger partial charge on any atom is 0.337 e. The second kappa shape index (κ2) is 3.76. The number of rotatable bonds is 2. The maximum atomic E-state index is 10.4. The Morgan fingerprint density at radius 1 is 1.46 bits per heavy atom. The van der Waals surface area contributed by atoms with E-state index >= 15 is 0 Å². The van der Waals surface area contributed by atoms with Crippen LogP contribution in [0.25, 0.3) is 0 Å². The first-order chi connectivity index (χ1) is 6.00. The minimum absolute atomic E-state index is 0.263. The Bertz CT molecular complexity index is 320. The Morgan fingerprint density at radius 2 is 2.08 bits per heavy atom. The number of hydrogen-bond acceptors (Lipinski definition) is 3. The van der Waals surface area contributed by atoms with Crippen molar-refractivity contribution in [3.8, 4) is 0 Å². The van der Waals surface area contributed by atoms with Gasteiger partial charge in [0.2, 0.25) is 0 Å². The number of aliphatic hydroxyl groups is 1. The number of halogens is 1. The summed E-state index contributed by atoms with van der Waals surface area (Å²) in [6.07, 6.45) is -1.53. The van der Waals surface area contributed by atoms with Crippen molar-refractivity contribution in [2.75, 3.05) is 5.73 Å². The number of nitrogens with two attached hydrogens (primary N) is 1. The normalized spacial score (nSPS) is 12.5. The van der Waals surface area contributed by atoms with Crippen LogP contribution in [0.2, 0.25) is 0 Å². The zero-order valence-electron chi connectivity index (χ0n) is 6.57. The van der Waals surface area contributed by atoms with Crippen molar-refractivity contribution in [3.05, 3.63) is 28.2 Å². The van der Waals surface area contributed by atoms with Gasteiger partial charge in [0.25, 0.3) is 0 Å². The van der Waals surface area contributed by atoms with E-state index in [0.29, 0.717) is 10.2 Å². The summed E-state index contributed by atoms with van der Waals surface area (Å²) in [5.74, 6) is -1.29. The average Bonchev–Trinajstić information content (AvgIpc) is 2.01. The molecule has 0 aliphatic heterocycles. The minimum Gasteiger partial charge on any atom is -0.479 e. The fourth-order valence-electron chi connectivity index (χ4n) is 0.936. The van der Waals surface area contributed by atoms with Gasteiger partial charge in [-0.25, -0.2) is 4.79 Å². The molecule has 70 valence electrons. The van der Waals surface area contributed by atoms with Crippen molar-refractivity contribution in [2.45, 2.75) is 6.10 Å². The lowest BCUT2D eigenvalue weighted by molar-refractivity contribution is -0.146. The van der Waals surface area contributed by atoms with E-state index in [1.165, 1.54) is 12.1 Å². The topological polar surface area (TPSA) is 83.5 Å². The molecular formula is C8H8BrNO3. The summed E-state index contributed by atoms with van der Waals surface area (Å²) >= 11 is 3.15. The zero-order valence-corrected chi connectivity index (χ0v) is 8.15. The summed E-state index contributed by atoms with van der Waals surface area (Å²) in [6, 6.07) is 4.55. The van der Waals surface area contributed by atoms with Gasteiger partial charge in [-0.3, -0.25) is 0 Å². The third-order valence-electron chi connectivity index (χ3n) is 1.49. The lowest BCUT2D eigenvalue weighted by atomic mass is 10.1. The van der Waals surface area contributed by atoms with Gasteiger partial charge in [0.1, 0.15) is 0 Å². The molecule has 1 aromatic carbocycles. The van der Waals surface area contributed by atoms with Crippen LogP contribution in [0.15, 0.2) is 22.7 Å². The summed E-state index contributed by atoms with van der Waals surface area (Å²) in [5.41, 5.74) is 6.13. The van der Waals surface area contributed by atoms with E-state index in [4.69, 9.17) is 10.8 Å². The van der Waals surface area contributed by atoms with Crippen LogP contribution in [-0.2, 0) is 4.79 Å². The molecule has 5 heteroatoms. The van der Waals surface area contributed by atoms with Crippen LogP contribution in [0.5, 0.6) is 0 Å². The molecule has 4 nitrogen and oxygen atoms in total. The molecule has 0 aromatic heterocycles. The van der Waals surface area contributed by atoms with Crippen molar-refractivity contribution in [1.82, 2.24) is 0 Å². The Balaban J connectivity index is 3.07. The van der Waals surface area contributed by atoms with Crippen molar-refractivity contribution in [1.29, 1.82) is 0 Å². The van der Waals surface area contributed by atoms with Gasteiger partial charge in [0.15, 0.2) is 6.10 Å². The van der Waals surface area contributed by atoms with E-state index in [9.17, 15) is 9.90 Å². The Morgan fingerprint density at radius 3 is 2.54 bits per heavy atom. The minimum atomic E-state index is -1.53. The summed E-state index contributed by atoms with van der Waals surface area (Å²) in [5, 5.41) is 17.7. The van der Waals surface area contributed by atoms with E-state index < -0.39 is 12.1 Å². The molecular weight excluding hydrogens is 238 g/mol. The summed E-state index contributed by atoms with van der Waals surface area (Å²) in [6.45, 7) is 0. The second-order valence-corrected chi connectivity index (χ2v) is 3.47. The SMILES string of the molecule is Nc1cc(Br)cc(C(O)C(=O)O)c1. The van der Waals surface area contributed by atoms with Crippen LogP contribution < -0.4 is 5.73 Å². The number of anilines is 1. The Hall–Kier alpha value is -1.07. The van der Waals surface area contributed by atoms with Crippen LogP contribution in [0, 0.1) is 0 Å². The number of aliphatic hydroxyl groups excluding tert-OH is 1. The second-order valence-electron chi connectivity index (χ2n) is 2.56. The van der Waals surface area contributed by atoms with Gasteiger partial charge in [-0.2, -0.15) is 0 Å². The molecule has 0 saturated carbocycles. The van der Waals surface area contributed by atoms with Crippen molar-refractivity contribution >= 4 is 27.6 Å². The summed E-state index contributed by atoms with van der Waals surface area (Å²) in [4.78, 5) is 10.4. The molecule has 0 radical (unpaired) electrons. The van der Waals surface area contributed by atoms with Gasteiger partial charge in [0, 0.05) is 10.2 Å². The summed E-state index contributed by atoms with van der Waals surface area (Å²) in [7, 11) is 0. The molecule has 4 N–H and O–H groups in total. The molecule has 0 aliphatic rings. The highest BCUT2D eigenvalue weighted by molar-refractivity contribution is 9.10. The maximum absolute atomic E-state index is 10.4. The van der Waals surface area contributed by atoms with E-state index in [1.807, 2.05) is 0 Å². The van der Waals surface area contributed by atoms with Gasteiger partial charge in [-0.05, 0) is 23.8 Å². The van der Waals surface area contributed by atoms with Gasteiger partial charge < -0.3 is 15.9 Å². The fraction of sp³-hybridized carbons (Fsp3) is 0.125. The average molecular weight is 246 g/mol. The lowest BCUT2D eigenvalue weighted by Crippen LogP contribution is -2.10. The molecule has 1 rings (SSSR count). The molecule has 1 aromatic rings. The number of aliphatic carboxylic acids is 1. The number of nitrogen functional groups attached to an aromatic ring is 1. The predicted octanol–water partition coefficient (Wildman–Crippen LogP) is 1.15. The van der Waals surface area contributed by atoms with Crippen LogP contribution in [0.1, 0.15) is 11.7 Å². The third kappa shape index (κ3) is 2.43. The number of carbonyl (C=O) groups is 1. The van der Waals surface area contributed by atoms with Crippen molar-refractivity contribution in [3.63, 3.8) is 0 Å². The Kier molecular flexibility index (Phi) is 2.90. The number of carboxylic acid groups (broad SMARTS) is 1. The molecule has 0 amide bonds. The van der Waals surface area contributed by atoms with Crippen LogP contribution in [0.3, 0.4) is 0 Å². The van der Waals surface area contributed by atoms with Gasteiger partial charge in [-0.15, -0.1) is 0 Å². The first-order valence-corrected chi connectivity index (χ1v) is 4.27. The van der Waals surface area contributed by atoms with Crippen molar-refractivity contribution < 1.29 is 15.0 Å². The van der Waals surface area contributed by atoms with Crippen molar-refractivity contribution in [2.24, 2.45) is 0 Å². The first-order valence-electron chi connectivity index (χ1n) is 3.47. The van der Waals surface area contributed by atoms with E-state index in [0.717, 1.165) is 0 Å². The zero-order chi connectivity index (χ0) is 10.0. The van der Waals surface area contributed by atoms with Gasteiger partial charge >= 0.3 is 5.97 Å². The molecule has 0 saturated heterocycles. The van der Waals surface area contributed by atoms with Crippen LogP contribution in [0.4, 0.5) is 5.69 Å². The summed E-state index contributed by atoms with van der Waals surface area (Å²) < 4.78 is 0.641. The highest BCUT2D eigenvalue weighted by atomic mass is 79.9. The highest BCUT2D eigenvalue weighted by Gasteiger charge is 2.16. The molecule has 0 heterocycles. The van der Waals surface area contributed by atoms with E-state index in [2.05, 4.69) is 15.9 Å². The van der Waals surface area contributed by atoms with Crippen LogP contribution >= 0.6 is 15.9 Å². The van der Waals surface area contributed by atoms with Gasteiger partial charge in [0.05, 0.1) is 0 Å². The Labute approximate surface area is 83.1 Å². The standard InChI is InChI=1S/C8H8BrNO3/c9-5-1-4(2-6(10)3-5)7(11)8(12)13/h1-3,7,11H,10H2,(H,12,13). The number of benzene rings is 1. The molecule has 1 atom stereocenters. The fourth-order valence-corrected chi connectivity index (χ4v) is 1.46. The van der Waals surface area contributed by atoms with E-state index in [-0.39, 0.29) is 5.56 Å². The largest absolute Gasteiger partial charge is 0.479 e. The quantitative estimate of drug-likeness (QED) is 0.683. The van der Waals surface area contributed by atoms with E-state index in [1.54, 1.807) is 6.07 Å². The van der Waals surface area contributed by atoms with Gasteiger partial charge in [-0.1, -0.05) is 15.9 Å². The molecule has 1 unspecified atom stereocenters. The smallest absolute Gasteiger partial charge is 0.337 e. The predicted molar refractivity (Wildman–Crippen MR) is 51.2 cm³/mol. The molecule has 13 heavy (non-hydrogen) atoms. The third-order valence-corrected chi connectivity index (χ3v) is 1.95. The molecule has 0 spiro atoms. The molecule has 0 bridgehead atoms. The molecule has 0 fully saturated rings. The highest BCUT2D eigenvalue weighted by Crippen LogP contribution is 2.22.